The standard InChI is InChI=1S/C13H22N2/c1-11(2)13(3,10-14)15-9-12-7-5-4-6-8-12/h4-8,11,15H,9-10,14H2,1-3H3. The van der Waals surface area contributed by atoms with Crippen molar-refractivity contribution in [2.24, 2.45) is 11.7 Å². The molecule has 15 heavy (non-hydrogen) atoms. The van der Waals surface area contributed by atoms with Crippen molar-refractivity contribution in [1.29, 1.82) is 0 Å². The van der Waals surface area contributed by atoms with Gasteiger partial charge in [0.15, 0.2) is 0 Å². The van der Waals surface area contributed by atoms with Crippen molar-refractivity contribution in [2.45, 2.75) is 32.9 Å². The molecule has 0 bridgehead atoms. The SMILES string of the molecule is CC(C)C(C)(CN)NCc1ccccc1. The number of hydrogen-bond donors (Lipinski definition) is 2. The third-order valence-corrected chi connectivity index (χ3v) is 3.24. The highest BCUT2D eigenvalue weighted by Crippen LogP contribution is 2.15. The topological polar surface area (TPSA) is 38.0 Å². The first-order valence-corrected chi connectivity index (χ1v) is 5.57. The lowest BCUT2D eigenvalue weighted by atomic mass is 9.88. The summed E-state index contributed by atoms with van der Waals surface area (Å²) in [6, 6.07) is 10.4. The zero-order valence-electron chi connectivity index (χ0n) is 9.96. The predicted octanol–water partition coefficient (Wildman–Crippen LogP) is 2.15. The maximum atomic E-state index is 5.81. The number of rotatable bonds is 5. The van der Waals surface area contributed by atoms with Crippen LogP contribution in [0.1, 0.15) is 26.3 Å². The van der Waals surface area contributed by atoms with Crippen LogP contribution < -0.4 is 11.1 Å². The van der Waals surface area contributed by atoms with Gasteiger partial charge >= 0.3 is 0 Å². The van der Waals surface area contributed by atoms with Crippen molar-refractivity contribution in [2.75, 3.05) is 6.54 Å². The normalized spacial score (nSPS) is 15.3. The number of nitrogens with two attached hydrogens (primary N) is 1. The van der Waals surface area contributed by atoms with Crippen LogP contribution in [0.5, 0.6) is 0 Å². The molecule has 1 atom stereocenters. The molecule has 0 fully saturated rings. The van der Waals surface area contributed by atoms with E-state index >= 15 is 0 Å². The minimum absolute atomic E-state index is 0.0237. The molecule has 2 nitrogen and oxygen atoms in total. The number of benzene rings is 1. The van der Waals surface area contributed by atoms with Crippen LogP contribution in [0.2, 0.25) is 0 Å². The Balaban J connectivity index is 2.55. The lowest BCUT2D eigenvalue weighted by Crippen LogP contribution is -2.52. The molecule has 0 heterocycles. The lowest BCUT2D eigenvalue weighted by molar-refractivity contribution is 0.267. The highest BCUT2D eigenvalue weighted by molar-refractivity contribution is 5.14. The molecule has 1 aromatic carbocycles. The maximum absolute atomic E-state index is 5.81. The van der Waals surface area contributed by atoms with Gasteiger partial charge in [0.1, 0.15) is 0 Å². The first-order chi connectivity index (χ1) is 7.08. The molecule has 0 aromatic heterocycles. The Bertz CT molecular complexity index is 282. The maximum Gasteiger partial charge on any atom is 0.0301 e. The summed E-state index contributed by atoms with van der Waals surface area (Å²) >= 11 is 0. The number of nitrogens with one attached hydrogen (secondary N) is 1. The fourth-order valence-corrected chi connectivity index (χ4v) is 1.41. The Kier molecular flexibility index (Phi) is 4.30. The Morgan fingerprint density at radius 1 is 1.27 bits per heavy atom. The molecule has 3 N–H and O–H groups in total. The highest BCUT2D eigenvalue weighted by Gasteiger charge is 2.25. The van der Waals surface area contributed by atoms with Crippen LogP contribution in [-0.2, 0) is 6.54 Å². The molecular formula is C13H22N2. The molecule has 1 unspecified atom stereocenters. The zero-order chi connectivity index (χ0) is 11.3. The number of hydrogen-bond acceptors (Lipinski definition) is 2. The van der Waals surface area contributed by atoms with E-state index < -0.39 is 0 Å². The summed E-state index contributed by atoms with van der Waals surface area (Å²) in [5, 5.41) is 3.54. The van der Waals surface area contributed by atoms with E-state index in [1.165, 1.54) is 5.56 Å². The Morgan fingerprint density at radius 3 is 2.33 bits per heavy atom. The molecule has 0 radical (unpaired) electrons. The van der Waals surface area contributed by atoms with Crippen molar-refractivity contribution in [3.63, 3.8) is 0 Å². The van der Waals surface area contributed by atoms with E-state index in [1.54, 1.807) is 0 Å². The molecule has 0 spiro atoms. The van der Waals surface area contributed by atoms with Crippen LogP contribution >= 0.6 is 0 Å². The van der Waals surface area contributed by atoms with E-state index in [4.69, 9.17) is 5.73 Å². The van der Waals surface area contributed by atoms with Crippen LogP contribution in [0.4, 0.5) is 0 Å². The summed E-state index contributed by atoms with van der Waals surface area (Å²) in [6.07, 6.45) is 0. The summed E-state index contributed by atoms with van der Waals surface area (Å²) in [5.41, 5.74) is 7.14. The first-order valence-electron chi connectivity index (χ1n) is 5.57. The average Bonchev–Trinajstić information content (AvgIpc) is 2.27. The summed E-state index contributed by atoms with van der Waals surface area (Å²) in [4.78, 5) is 0. The predicted molar refractivity (Wildman–Crippen MR) is 65.6 cm³/mol. The molecule has 1 aromatic rings. The molecule has 1 rings (SSSR count). The van der Waals surface area contributed by atoms with Gasteiger partial charge in [0.05, 0.1) is 0 Å². The minimum atomic E-state index is 0.0237. The van der Waals surface area contributed by atoms with E-state index in [1.807, 2.05) is 6.07 Å². The molecule has 0 aliphatic heterocycles. The van der Waals surface area contributed by atoms with Gasteiger partial charge in [-0.2, -0.15) is 0 Å². The smallest absolute Gasteiger partial charge is 0.0301 e. The monoisotopic (exact) mass is 206 g/mol. The van der Waals surface area contributed by atoms with Crippen LogP contribution in [0.15, 0.2) is 30.3 Å². The summed E-state index contributed by atoms with van der Waals surface area (Å²) in [5.74, 6) is 0.534. The van der Waals surface area contributed by atoms with E-state index in [0.29, 0.717) is 12.5 Å². The van der Waals surface area contributed by atoms with Crippen molar-refractivity contribution in [3.8, 4) is 0 Å². The van der Waals surface area contributed by atoms with Gasteiger partial charge in [-0.15, -0.1) is 0 Å². The van der Waals surface area contributed by atoms with E-state index in [2.05, 4.69) is 50.4 Å². The Hall–Kier alpha value is -0.860. The van der Waals surface area contributed by atoms with Crippen molar-refractivity contribution >= 4 is 0 Å². The molecule has 0 aliphatic rings. The van der Waals surface area contributed by atoms with E-state index in [-0.39, 0.29) is 5.54 Å². The quantitative estimate of drug-likeness (QED) is 0.774. The second-order valence-electron chi connectivity index (χ2n) is 4.62. The molecule has 0 aliphatic carbocycles. The highest BCUT2D eigenvalue weighted by atomic mass is 15.0. The van der Waals surface area contributed by atoms with Gasteiger partial charge < -0.3 is 11.1 Å². The molecule has 0 saturated heterocycles. The van der Waals surface area contributed by atoms with Crippen LogP contribution in [0.3, 0.4) is 0 Å². The second kappa shape index (κ2) is 5.29. The fourth-order valence-electron chi connectivity index (χ4n) is 1.41. The minimum Gasteiger partial charge on any atom is -0.329 e. The Labute approximate surface area is 92.9 Å². The summed E-state index contributed by atoms with van der Waals surface area (Å²) < 4.78 is 0. The summed E-state index contributed by atoms with van der Waals surface area (Å²) in [7, 11) is 0. The molecular weight excluding hydrogens is 184 g/mol. The summed E-state index contributed by atoms with van der Waals surface area (Å²) in [6.45, 7) is 8.13. The lowest BCUT2D eigenvalue weighted by Gasteiger charge is -2.33. The zero-order valence-corrected chi connectivity index (χ0v) is 9.96. The van der Waals surface area contributed by atoms with Crippen LogP contribution in [-0.4, -0.2) is 12.1 Å². The van der Waals surface area contributed by atoms with Gasteiger partial charge in [0.25, 0.3) is 0 Å². The van der Waals surface area contributed by atoms with Gasteiger partial charge in [-0.25, -0.2) is 0 Å². The van der Waals surface area contributed by atoms with Gasteiger partial charge in [0, 0.05) is 18.6 Å². The largest absolute Gasteiger partial charge is 0.329 e. The van der Waals surface area contributed by atoms with Gasteiger partial charge in [-0.05, 0) is 18.4 Å². The van der Waals surface area contributed by atoms with Crippen molar-refractivity contribution < 1.29 is 0 Å². The third-order valence-electron chi connectivity index (χ3n) is 3.24. The van der Waals surface area contributed by atoms with E-state index in [9.17, 15) is 0 Å². The van der Waals surface area contributed by atoms with Gasteiger partial charge in [-0.3, -0.25) is 0 Å². The first kappa shape index (κ1) is 12.2. The molecule has 0 saturated carbocycles. The third kappa shape index (κ3) is 3.33. The molecule has 2 heteroatoms. The fraction of sp³-hybridized carbons (Fsp3) is 0.538. The van der Waals surface area contributed by atoms with Gasteiger partial charge in [0.2, 0.25) is 0 Å². The van der Waals surface area contributed by atoms with Crippen molar-refractivity contribution in [1.82, 2.24) is 5.32 Å². The second-order valence-corrected chi connectivity index (χ2v) is 4.62. The molecule has 84 valence electrons. The van der Waals surface area contributed by atoms with Gasteiger partial charge in [-0.1, -0.05) is 44.2 Å². The Morgan fingerprint density at radius 2 is 1.87 bits per heavy atom. The van der Waals surface area contributed by atoms with Crippen molar-refractivity contribution in [3.05, 3.63) is 35.9 Å². The van der Waals surface area contributed by atoms with Crippen LogP contribution in [0, 0.1) is 5.92 Å². The van der Waals surface area contributed by atoms with E-state index in [0.717, 1.165) is 6.54 Å². The molecule has 0 amide bonds. The average molecular weight is 206 g/mol. The van der Waals surface area contributed by atoms with Crippen LogP contribution in [0.25, 0.3) is 0 Å².